The van der Waals surface area contributed by atoms with Crippen LogP contribution in [-0.4, -0.2) is 61.2 Å². The minimum Gasteiger partial charge on any atom is -0.466 e. The third-order valence-corrected chi connectivity index (χ3v) is 10.9. The number of aliphatic hydroxyl groups excluding tert-OH is 1. The summed E-state index contributed by atoms with van der Waals surface area (Å²) in [6.45, 7) is 13.5. The van der Waals surface area contributed by atoms with E-state index in [1.165, 1.54) is 13.8 Å². The normalized spacial score (nSPS) is 46.5. The van der Waals surface area contributed by atoms with Gasteiger partial charge in [-0.05, 0) is 73.8 Å². The van der Waals surface area contributed by atoms with Gasteiger partial charge in [-0.1, -0.05) is 27.4 Å². The van der Waals surface area contributed by atoms with E-state index in [0.717, 1.165) is 18.2 Å². The molecule has 3 heterocycles. The number of Topliss-reactive ketones (excluding diaryl/α,β-unsaturated/α-hetero) is 1. The number of fused-ring (bicyclic) bond motifs is 2. The van der Waals surface area contributed by atoms with E-state index in [1.807, 2.05) is 6.92 Å². The maximum absolute atomic E-state index is 14.4. The van der Waals surface area contributed by atoms with Gasteiger partial charge in [-0.2, -0.15) is 13.3 Å². The molecular weight excluding hydrogens is 528 g/mol. The minimum atomic E-state index is -3.87. The molecule has 10 nitrogen and oxygen atoms in total. The van der Waals surface area contributed by atoms with Gasteiger partial charge in [0.2, 0.25) is 12.1 Å². The number of hydrogen-bond acceptors (Lipinski definition) is 10. The molecule has 9 atom stereocenters. The molecular formula is C28H40O10S. The van der Waals surface area contributed by atoms with Crippen molar-refractivity contribution in [3.8, 4) is 0 Å². The summed E-state index contributed by atoms with van der Waals surface area (Å²) >= 11 is 0. The molecule has 0 aromatic rings. The lowest BCUT2D eigenvalue weighted by Gasteiger charge is -2.75. The fourth-order valence-electron chi connectivity index (χ4n) is 9.86. The molecule has 2 N–H and O–H groups in total. The Kier molecular flexibility index (Phi) is 5.81. The first-order valence-corrected chi connectivity index (χ1v) is 15.7. The van der Waals surface area contributed by atoms with Gasteiger partial charge in [-0.3, -0.25) is 4.79 Å². The molecule has 7 rings (SSSR count). The zero-order chi connectivity index (χ0) is 28.6. The molecule has 5 fully saturated rings. The fourth-order valence-corrected chi connectivity index (χ4v) is 10.1. The van der Waals surface area contributed by atoms with Gasteiger partial charge in [0.05, 0.1) is 23.7 Å². The van der Waals surface area contributed by atoms with Crippen LogP contribution >= 0.6 is 0 Å². The number of ketones is 1. The molecule has 4 bridgehead atoms. The van der Waals surface area contributed by atoms with Crippen molar-refractivity contribution in [3.63, 3.8) is 0 Å². The van der Waals surface area contributed by atoms with E-state index in [-0.39, 0.29) is 30.1 Å². The van der Waals surface area contributed by atoms with Crippen LogP contribution in [-0.2, 0) is 38.3 Å². The van der Waals surface area contributed by atoms with Crippen molar-refractivity contribution in [2.45, 2.75) is 90.7 Å². The van der Waals surface area contributed by atoms with Crippen LogP contribution in [0, 0.1) is 39.9 Å². The third kappa shape index (κ3) is 3.41. The van der Waals surface area contributed by atoms with Gasteiger partial charge in [0.1, 0.15) is 11.9 Å². The van der Waals surface area contributed by atoms with Crippen LogP contribution < -0.4 is 0 Å². The highest BCUT2D eigenvalue weighted by molar-refractivity contribution is 7.85. The summed E-state index contributed by atoms with van der Waals surface area (Å²) in [6.07, 6.45) is 1.66. The molecule has 0 radical (unpaired) electrons. The number of hydrogen-bond donors (Lipinski definition) is 2. The van der Waals surface area contributed by atoms with Crippen molar-refractivity contribution in [3.05, 3.63) is 23.5 Å². The highest BCUT2D eigenvalue weighted by atomic mass is 32.2. The summed E-state index contributed by atoms with van der Waals surface area (Å²) < 4.78 is 47.3. The fraction of sp³-hybridized carbons (Fsp3) is 0.821. The van der Waals surface area contributed by atoms with Crippen LogP contribution in [0.1, 0.15) is 66.7 Å². The maximum atomic E-state index is 14.4. The predicted octanol–water partition coefficient (Wildman–Crippen LogP) is 2.95. The Morgan fingerprint density at radius 2 is 1.87 bits per heavy atom. The minimum absolute atomic E-state index is 0.0856. The molecule has 7 aliphatic rings. The van der Waals surface area contributed by atoms with Crippen LogP contribution in [0.3, 0.4) is 0 Å². The quantitative estimate of drug-likeness (QED) is 0.220. The molecule has 0 aromatic heterocycles. The molecule has 3 aliphatic heterocycles. The lowest BCUT2D eigenvalue weighted by atomic mass is 9.35. The monoisotopic (exact) mass is 568 g/mol. The van der Waals surface area contributed by atoms with E-state index in [9.17, 15) is 23.4 Å². The van der Waals surface area contributed by atoms with E-state index in [2.05, 4.69) is 24.8 Å². The van der Waals surface area contributed by atoms with Gasteiger partial charge in [-0.25, -0.2) is 0 Å². The Bertz CT molecular complexity index is 1260. The van der Waals surface area contributed by atoms with Gasteiger partial charge in [0, 0.05) is 12.3 Å². The highest BCUT2D eigenvalue weighted by Gasteiger charge is 2.87. The average molecular weight is 569 g/mol. The first kappa shape index (κ1) is 27.8. The second kappa shape index (κ2) is 8.14. The molecule has 4 aliphatic carbocycles. The average Bonchev–Trinajstić information content (AvgIpc) is 2.91. The van der Waals surface area contributed by atoms with Crippen molar-refractivity contribution < 1.29 is 46.9 Å². The van der Waals surface area contributed by atoms with Crippen molar-refractivity contribution >= 4 is 15.9 Å². The lowest BCUT2D eigenvalue weighted by Crippen LogP contribution is -2.84. The van der Waals surface area contributed by atoms with E-state index >= 15 is 0 Å². The number of rotatable bonds is 5. The largest absolute Gasteiger partial charge is 0.466 e. The molecule has 3 saturated carbocycles. The molecule has 39 heavy (non-hydrogen) atoms. The first-order chi connectivity index (χ1) is 17.9. The maximum Gasteiger partial charge on any atom is 0.290 e. The SMILES string of the molecule is C=C1C(=O)[C@]23[C@H](C)[C@H]1CC[C@H]2[C@@]12CO[C@]3(OC(C)(C)O)[C@@H](O)[C@@H]1C(C)(C)CC1=C2O[C@@H](OOS(C)(=O)=O)CC1. The Balaban J connectivity index is 1.57. The number of aliphatic hydroxyl groups is 2. The number of carbonyl (C=O) groups excluding carboxylic acids is 1. The van der Waals surface area contributed by atoms with Gasteiger partial charge in [0.15, 0.2) is 11.6 Å². The predicted molar refractivity (Wildman–Crippen MR) is 136 cm³/mol. The zero-order valence-corrected chi connectivity index (χ0v) is 24.3. The number of carbonyl (C=O) groups is 1. The van der Waals surface area contributed by atoms with Gasteiger partial charge < -0.3 is 24.4 Å². The molecule has 0 unspecified atom stereocenters. The van der Waals surface area contributed by atoms with Crippen molar-refractivity contribution in [1.82, 2.24) is 0 Å². The molecule has 11 heteroatoms. The van der Waals surface area contributed by atoms with Crippen LogP contribution in [0.5, 0.6) is 0 Å². The number of allylic oxidation sites excluding steroid dienone is 2. The highest BCUT2D eigenvalue weighted by Crippen LogP contribution is 2.80. The van der Waals surface area contributed by atoms with E-state index in [0.29, 0.717) is 37.0 Å². The topological polar surface area (TPSA) is 138 Å². The molecule has 2 saturated heterocycles. The Morgan fingerprint density at radius 1 is 1.18 bits per heavy atom. The van der Waals surface area contributed by atoms with Crippen LogP contribution in [0.15, 0.2) is 23.5 Å². The summed E-state index contributed by atoms with van der Waals surface area (Å²) in [5, 5.41) is 23.4. The zero-order valence-electron chi connectivity index (χ0n) is 23.5. The second-order valence-corrected chi connectivity index (χ2v) is 15.3. The Hall–Kier alpha value is -1.34. The Morgan fingerprint density at radius 3 is 2.51 bits per heavy atom. The number of ether oxygens (including phenoxy) is 3. The van der Waals surface area contributed by atoms with E-state index < -0.39 is 56.2 Å². The standard InChI is InChI=1S/C28H40O10S/c1-14-17-9-10-18-26-13-34-28(37-25(5,6)31,27(18,15(17)2)21(14)29)22(30)20(26)24(3,4)12-16-8-11-19(35-23(16)26)36-38-39(7,32)33/h15,17-20,22,30-31H,1,8-13H2,2-7H3/t15-,17+,18+,19+,20-,22+,26+,27+,28+/m1/s1. The van der Waals surface area contributed by atoms with Gasteiger partial charge in [0.25, 0.3) is 10.1 Å². The van der Waals surface area contributed by atoms with Crippen molar-refractivity contribution in [2.75, 3.05) is 12.9 Å². The molecule has 218 valence electrons. The van der Waals surface area contributed by atoms with Crippen LogP contribution in [0.25, 0.3) is 0 Å². The summed E-state index contributed by atoms with van der Waals surface area (Å²) in [6, 6.07) is 0. The summed E-state index contributed by atoms with van der Waals surface area (Å²) in [4.78, 5) is 19.6. The summed E-state index contributed by atoms with van der Waals surface area (Å²) in [5.41, 5.74) is -1.08. The smallest absolute Gasteiger partial charge is 0.290 e. The van der Waals surface area contributed by atoms with Crippen LogP contribution in [0.2, 0.25) is 0 Å². The van der Waals surface area contributed by atoms with Crippen LogP contribution in [0.4, 0.5) is 0 Å². The molecule has 0 amide bonds. The van der Waals surface area contributed by atoms with Crippen molar-refractivity contribution in [1.29, 1.82) is 0 Å². The van der Waals surface area contributed by atoms with Gasteiger partial charge >= 0.3 is 0 Å². The summed E-state index contributed by atoms with van der Waals surface area (Å²) in [7, 11) is -3.87. The summed E-state index contributed by atoms with van der Waals surface area (Å²) in [5.74, 6) is -4.18. The van der Waals surface area contributed by atoms with E-state index in [4.69, 9.17) is 19.1 Å². The molecule has 0 aromatic carbocycles. The lowest BCUT2D eigenvalue weighted by molar-refractivity contribution is -0.483. The Labute approximate surface area is 229 Å². The van der Waals surface area contributed by atoms with Gasteiger partial charge in [-0.15, -0.1) is 4.33 Å². The second-order valence-electron chi connectivity index (χ2n) is 13.8. The molecule has 2 spiro atoms. The first-order valence-electron chi connectivity index (χ1n) is 13.8. The third-order valence-electron chi connectivity index (χ3n) is 10.6. The van der Waals surface area contributed by atoms with E-state index in [1.54, 1.807) is 0 Å². The van der Waals surface area contributed by atoms with Crippen molar-refractivity contribution in [2.24, 2.45) is 39.9 Å².